The summed E-state index contributed by atoms with van der Waals surface area (Å²) in [6.07, 6.45) is 0. The monoisotopic (exact) mass is 304 g/mol. The van der Waals surface area contributed by atoms with Crippen molar-refractivity contribution in [3.8, 4) is 17.4 Å². The van der Waals surface area contributed by atoms with Gasteiger partial charge in [-0.2, -0.15) is 4.98 Å². The molecule has 0 amide bonds. The van der Waals surface area contributed by atoms with Gasteiger partial charge in [-0.05, 0) is 31.2 Å². The minimum Gasteiger partial charge on any atom is -0.497 e. The third kappa shape index (κ3) is 4.62. The number of benzene rings is 1. The van der Waals surface area contributed by atoms with Crippen molar-refractivity contribution in [1.29, 1.82) is 0 Å². The van der Waals surface area contributed by atoms with Crippen molar-refractivity contribution in [2.24, 2.45) is 0 Å². The van der Waals surface area contributed by atoms with Crippen molar-refractivity contribution in [3.05, 3.63) is 41.9 Å². The lowest BCUT2D eigenvalue weighted by Crippen LogP contribution is -2.12. The number of carboxylic acid groups (broad SMARTS) is 1. The van der Waals surface area contributed by atoms with Crippen molar-refractivity contribution in [2.45, 2.75) is 13.5 Å². The molecule has 2 rings (SSSR count). The molecule has 7 heteroatoms. The normalized spacial score (nSPS) is 10.1. The third-order valence-corrected chi connectivity index (χ3v) is 2.65. The summed E-state index contributed by atoms with van der Waals surface area (Å²) in [6, 6.07) is 8.69. The summed E-state index contributed by atoms with van der Waals surface area (Å²) >= 11 is 0. The fourth-order valence-corrected chi connectivity index (χ4v) is 1.69. The van der Waals surface area contributed by atoms with Crippen LogP contribution in [-0.4, -0.2) is 34.8 Å². The van der Waals surface area contributed by atoms with E-state index in [0.29, 0.717) is 17.3 Å². The molecule has 0 aliphatic rings. The average molecular weight is 304 g/mol. The maximum absolute atomic E-state index is 10.5. The van der Waals surface area contributed by atoms with Crippen LogP contribution < -0.4 is 14.2 Å². The first-order valence-electron chi connectivity index (χ1n) is 6.53. The van der Waals surface area contributed by atoms with Crippen LogP contribution in [0.4, 0.5) is 0 Å². The Bertz CT molecular complexity index is 643. The van der Waals surface area contributed by atoms with Crippen LogP contribution in [0.25, 0.3) is 0 Å². The van der Waals surface area contributed by atoms with Gasteiger partial charge in [0.1, 0.15) is 18.1 Å². The fourth-order valence-electron chi connectivity index (χ4n) is 1.69. The Balaban J connectivity index is 2.00. The Hall–Kier alpha value is -2.83. The molecule has 116 valence electrons. The van der Waals surface area contributed by atoms with E-state index >= 15 is 0 Å². The van der Waals surface area contributed by atoms with Crippen molar-refractivity contribution in [1.82, 2.24) is 9.97 Å². The van der Waals surface area contributed by atoms with E-state index < -0.39 is 12.6 Å². The average Bonchev–Trinajstić information content (AvgIpc) is 2.51. The molecule has 7 nitrogen and oxygen atoms in total. The van der Waals surface area contributed by atoms with Crippen molar-refractivity contribution in [3.63, 3.8) is 0 Å². The Morgan fingerprint density at radius 1 is 1.14 bits per heavy atom. The number of aliphatic carboxylic acids is 1. The van der Waals surface area contributed by atoms with Gasteiger partial charge in [0.05, 0.1) is 7.11 Å². The predicted molar refractivity (Wildman–Crippen MR) is 77.2 cm³/mol. The van der Waals surface area contributed by atoms with Crippen LogP contribution >= 0.6 is 0 Å². The molecule has 0 radical (unpaired) electrons. The Kier molecular flexibility index (Phi) is 5.13. The molecule has 0 bridgehead atoms. The van der Waals surface area contributed by atoms with Crippen LogP contribution in [0.2, 0.25) is 0 Å². The van der Waals surface area contributed by atoms with Gasteiger partial charge in [-0.25, -0.2) is 9.78 Å². The molecule has 0 saturated heterocycles. The van der Waals surface area contributed by atoms with Crippen molar-refractivity contribution in [2.75, 3.05) is 13.7 Å². The molecule has 2 aromatic rings. The predicted octanol–water partition coefficient (Wildman–Crippen LogP) is 1.84. The number of methoxy groups -OCH3 is 1. The van der Waals surface area contributed by atoms with Crippen LogP contribution in [0.15, 0.2) is 30.3 Å². The van der Waals surface area contributed by atoms with Crippen LogP contribution in [0.1, 0.15) is 11.5 Å². The minimum absolute atomic E-state index is 0.150. The number of hydrogen-bond donors (Lipinski definition) is 1. The molecule has 0 unspecified atom stereocenters. The molecule has 1 aromatic carbocycles. The largest absolute Gasteiger partial charge is 0.497 e. The quantitative estimate of drug-likeness (QED) is 0.834. The topological polar surface area (TPSA) is 90.8 Å². The van der Waals surface area contributed by atoms with Crippen LogP contribution in [0.3, 0.4) is 0 Å². The molecular weight excluding hydrogens is 288 g/mol. The molecule has 0 spiro atoms. The van der Waals surface area contributed by atoms with E-state index in [1.165, 1.54) is 0 Å². The first-order chi connectivity index (χ1) is 10.6. The standard InChI is InChI=1S/C15H16N2O5/c1-10-7-14(22-9-15(18)19)17-13(16-10)8-21-12-5-3-11(20-2)4-6-12/h3-7H,8-9H2,1-2H3,(H,18,19). The summed E-state index contributed by atoms with van der Waals surface area (Å²) < 4.78 is 15.7. The zero-order chi connectivity index (χ0) is 15.9. The fraction of sp³-hybridized carbons (Fsp3) is 0.267. The maximum Gasteiger partial charge on any atom is 0.341 e. The van der Waals surface area contributed by atoms with E-state index in [1.54, 1.807) is 44.4 Å². The second kappa shape index (κ2) is 7.26. The first kappa shape index (κ1) is 15.6. The molecule has 0 aliphatic carbocycles. The molecular formula is C15H16N2O5. The maximum atomic E-state index is 10.5. The van der Waals surface area contributed by atoms with Crippen molar-refractivity contribution >= 4 is 5.97 Å². The van der Waals surface area contributed by atoms with Gasteiger partial charge in [-0.1, -0.05) is 0 Å². The molecule has 1 N–H and O–H groups in total. The summed E-state index contributed by atoms with van der Waals surface area (Å²) in [5.41, 5.74) is 0.670. The molecule has 0 fully saturated rings. The smallest absolute Gasteiger partial charge is 0.341 e. The lowest BCUT2D eigenvalue weighted by atomic mass is 10.3. The zero-order valence-corrected chi connectivity index (χ0v) is 12.3. The van der Waals surface area contributed by atoms with Gasteiger partial charge >= 0.3 is 5.97 Å². The minimum atomic E-state index is -1.06. The lowest BCUT2D eigenvalue weighted by Gasteiger charge is -2.08. The van der Waals surface area contributed by atoms with E-state index in [0.717, 1.165) is 5.75 Å². The van der Waals surface area contributed by atoms with Gasteiger partial charge in [0, 0.05) is 11.8 Å². The molecule has 0 saturated carbocycles. The highest BCUT2D eigenvalue weighted by molar-refractivity contribution is 5.68. The van der Waals surface area contributed by atoms with E-state index in [-0.39, 0.29) is 12.5 Å². The van der Waals surface area contributed by atoms with E-state index in [2.05, 4.69) is 9.97 Å². The molecule has 22 heavy (non-hydrogen) atoms. The van der Waals surface area contributed by atoms with E-state index in [9.17, 15) is 4.79 Å². The highest BCUT2D eigenvalue weighted by Crippen LogP contribution is 2.18. The van der Waals surface area contributed by atoms with Gasteiger partial charge in [-0.15, -0.1) is 0 Å². The molecule has 1 heterocycles. The number of carboxylic acids is 1. The number of carbonyl (C=O) groups is 1. The van der Waals surface area contributed by atoms with E-state index in [1.807, 2.05) is 0 Å². The van der Waals surface area contributed by atoms with Crippen LogP contribution in [0.5, 0.6) is 17.4 Å². The molecule has 0 aliphatic heterocycles. The Morgan fingerprint density at radius 2 is 1.82 bits per heavy atom. The lowest BCUT2D eigenvalue weighted by molar-refractivity contribution is -0.139. The molecule has 1 aromatic heterocycles. The van der Waals surface area contributed by atoms with Gasteiger partial charge in [0.2, 0.25) is 5.88 Å². The highest BCUT2D eigenvalue weighted by atomic mass is 16.5. The van der Waals surface area contributed by atoms with Gasteiger partial charge in [0.15, 0.2) is 12.4 Å². The second-order valence-electron chi connectivity index (χ2n) is 4.41. The Labute approximate surface area is 127 Å². The number of nitrogens with zero attached hydrogens (tertiary/aromatic N) is 2. The number of aryl methyl sites for hydroxylation is 1. The number of aromatic nitrogens is 2. The highest BCUT2D eigenvalue weighted by Gasteiger charge is 2.06. The number of rotatable bonds is 7. The van der Waals surface area contributed by atoms with Gasteiger partial charge in [0.25, 0.3) is 0 Å². The van der Waals surface area contributed by atoms with E-state index in [4.69, 9.17) is 19.3 Å². The van der Waals surface area contributed by atoms with Gasteiger partial charge < -0.3 is 19.3 Å². The molecule has 0 atom stereocenters. The first-order valence-corrected chi connectivity index (χ1v) is 6.53. The summed E-state index contributed by atoms with van der Waals surface area (Å²) in [5.74, 6) is 0.953. The second-order valence-corrected chi connectivity index (χ2v) is 4.41. The summed E-state index contributed by atoms with van der Waals surface area (Å²) in [5, 5.41) is 8.60. The summed E-state index contributed by atoms with van der Waals surface area (Å²) in [4.78, 5) is 18.8. The third-order valence-electron chi connectivity index (χ3n) is 2.65. The number of ether oxygens (including phenoxy) is 3. The van der Waals surface area contributed by atoms with Gasteiger partial charge in [-0.3, -0.25) is 0 Å². The van der Waals surface area contributed by atoms with Crippen molar-refractivity contribution < 1.29 is 24.1 Å². The summed E-state index contributed by atoms with van der Waals surface area (Å²) in [6.45, 7) is 1.47. The zero-order valence-electron chi connectivity index (χ0n) is 12.3. The Morgan fingerprint density at radius 3 is 2.45 bits per heavy atom. The SMILES string of the molecule is COc1ccc(OCc2nc(C)cc(OCC(=O)O)n2)cc1. The number of hydrogen-bond acceptors (Lipinski definition) is 6. The van der Waals surface area contributed by atoms with Crippen LogP contribution in [-0.2, 0) is 11.4 Å². The van der Waals surface area contributed by atoms with Crippen LogP contribution in [0, 0.1) is 6.92 Å². The summed E-state index contributed by atoms with van der Waals surface area (Å²) in [7, 11) is 1.59.